The van der Waals surface area contributed by atoms with E-state index in [0.717, 1.165) is 31.5 Å². The summed E-state index contributed by atoms with van der Waals surface area (Å²) in [6.07, 6.45) is 8.54. The Labute approximate surface area is 305 Å². The number of hydrogen-bond donors (Lipinski definition) is 1. The molecule has 0 saturated carbocycles. The second-order valence-electron chi connectivity index (χ2n) is 15.5. The molecule has 2 aliphatic rings. The molecular weight excluding hydrogens is 631 g/mol. The minimum absolute atomic E-state index is 0.947. The van der Waals surface area contributed by atoms with Gasteiger partial charge in [-0.25, -0.2) is 4.98 Å². The summed E-state index contributed by atoms with van der Waals surface area (Å²) in [5.41, 5.74) is 25.5. The third kappa shape index (κ3) is 4.68. The van der Waals surface area contributed by atoms with E-state index < -0.39 is 0 Å². The smallest absolute Gasteiger partial charge is 0.137 e. The van der Waals surface area contributed by atoms with Gasteiger partial charge in [-0.15, -0.1) is 0 Å². The Morgan fingerprint density at radius 3 is 1.90 bits per heavy atom. The molecule has 8 aromatic rings. The van der Waals surface area contributed by atoms with Gasteiger partial charge in [-0.3, -0.25) is 4.57 Å². The van der Waals surface area contributed by atoms with E-state index >= 15 is 0 Å². The van der Waals surface area contributed by atoms with E-state index in [1.165, 1.54) is 122 Å². The first-order valence-electron chi connectivity index (χ1n) is 18.8. The summed E-state index contributed by atoms with van der Waals surface area (Å²) in [6.45, 7) is 13.4. The predicted molar refractivity (Wildman–Crippen MR) is 220 cm³/mol. The fraction of sp³-hybridized carbons (Fsp3) is 0.204. The fourth-order valence-corrected chi connectivity index (χ4v) is 9.09. The zero-order valence-electron chi connectivity index (χ0n) is 31.0. The second-order valence-corrected chi connectivity index (χ2v) is 15.5. The molecule has 0 fully saturated rings. The molecule has 2 aliphatic carbocycles. The first-order chi connectivity index (χ1) is 25.2. The van der Waals surface area contributed by atoms with Crippen molar-refractivity contribution in [3.63, 3.8) is 0 Å². The summed E-state index contributed by atoms with van der Waals surface area (Å²) in [7, 11) is 0. The molecule has 0 aliphatic heterocycles. The van der Waals surface area contributed by atoms with E-state index in [1.807, 2.05) is 12.3 Å². The van der Waals surface area contributed by atoms with E-state index in [-0.39, 0.29) is 0 Å². The number of nitrogens with zero attached hydrogens (tertiary/aromatic N) is 2. The molecule has 3 heterocycles. The standard InChI is InChI=1S/C49H43N3/c1-27-17-37(18-28(2)31(27)5)33-12-14-45-41(21-33)42-23-35-10-11-36-24-44-43-22-34(38-19-29(3)32(6)30(4)20-38)13-15-47(43)52(49-9-7-8-16-50-49)48(44)26-40(36)39(35)25-46(42)51-45/h7-9,13,15-26,51H,10-12,14H2,1-6H3. The number of H-pyrrole nitrogens is 1. The number of rotatable bonds is 3. The molecular formula is C49H43N3. The average Bonchev–Trinajstić information content (AvgIpc) is 3.67. The van der Waals surface area contributed by atoms with Crippen LogP contribution in [0.4, 0.5) is 0 Å². The molecule has 0 radical (unpaired) electrons. The van der Waals surface area contributed by atoms with Crippen molar-refractivity contribution >= 4 is 44.4 Å². The number of allylic oxidation sites excluding steroid dienone is 1. The predicted octanol–water partition coefficient (Wildman–Crippen LogP) is 12.4. The van der Waals surface area contributed by atoms with Gasteiger partial charge in [0.2, 0.25) is 0 Å². The molecule has 0 atom stereocenters. The second kappa shape index (κ2) is 11.4. The molecule has 0 spiro atoms. The van der Waals surface area contributed by atoms with Crippen molar-refractivity contribution in [1.82, 2.24) is 14.5 Å². The lowest BCUT2D eigenvalue weighted by molar-refractivity contribution is 0.946. The SMILES string of the molecule is Cc1cc(C2=Cc3c([nH]c4cc5c(cc34)CCc3cc4c6cc(-c7cc(C)c(C)c(C)c7)ccc6n(-c6ccccn6)c4cc3-5)CC2)cc(C)c1C. The number of aromatic nitrogens is 3. The molecule has 5 aromatic carbocycles. The van der Waals surface area contributed by atoms with Crippen LogP contribution in [0.15, 0.2) is 91.1 Å². The van der Waals surface area contributed by atoms with Gasteiger partial charge in [0.1, 0.15) is 5.82 Å². The van der Waals surface area contributed by atoms with Crippen molar-refractivity contribution < 1.29 is 0 Å². The third-order valence-corrected chi connectivity index (χ3v) is 12.5. The van der Waals surface area contributed by atoms with E-state index in [9.17, 15) is 0 Å². The van der Waals surface area contributed by atoms with Gasteiger partial charge in [-0.2, -0.15) is 0 Å². The Bertz CT molecular complexity index is 2790. The molecule has 0 saturated heterocycles. The van der Waals surface area contributed by atoms with Gasteiger partial charge < -0.3 is 4.98 Å². The number of aromatic amines is 1. The van der Waals surface area contributed by atoms with Crippen LogP contribution in [0.1, 0.15) is 67.7 Å². The minimum atomic E-state index is 0.947. The molecule has 3 nitrogen and oxygen atoms in total. The summed E-state index contributed by atoms with van der Waals surface area (Å²) >= 11 is 0. The Hall–Kier alpha value is -5.67. The van der Waals surface area contributed by atoms with Crippen molar-refractivity contribution in [3.8, 4) is 28.1 Å². The topological polar surface area (TPSA) is 33.6 Å². The maximum atomic E-state index is 4.86. The molecule has 10 rings (SSSR count). The lowest BCUT2D eigenvalue weighted by Gasteiger charge is -2.21. The lowest BCUT2D eigenvalue weighted by Crippen LogP contribution is -2.05. The molecule has 254 valence electrons. The highest BCUT2D eigenvalue weighted by Crippen LogP contribution is 2.44. The first-order valence-corrected chi connectivity index (χ1v) is 18.8. The normalized spacial score (nSPS) is 13.8. The van der Waals surface area contributed by atoms with Crippen molar-refractivity contribution in [2.75, 3.05) is 0 Å². The maximum Gasteiger partial charge on any atom is 0.137 e. The van der Waals surface area contributed by atoms with Gasteiger partial charge in [-0.1, -0.05) is 36.4 Å². The van der Waals surface area contributed by atoms with Crippen LogP contribution in [-0.2, 0) is 19.3 Å². The van der Waals surface area contributed by atoms with Crippen LogP contribution >= 0.6 is 0 Å². The molecule has 3 aromatic heterocycles. The zero-order valence-corrected chi connectivity index (χ0v) is 31.0. The number of pyridine rings is 1. The van der Waals surface area contributed by atoms with E-state index in [0.29, 0.717) is 0 Å². The fourth-order valence-electron chi connectivity index (χ4n) is 9.09. The summed E-state index contributed by atoms with van der Waals surface area (Å²) in [5, 5.41) is 3.92. The van der Waals surface area contributed by atoms with Crippen molar-refractivity contribution in [3.05, 3.63) is 152 Å². The largest absolute Gasteiger partial charge is 0.358 e. The summed E-state index contributed by atoms with van der Waals surface area (Å²) in [5.74, 6) is 0.947. The highest BCUT2D eigenvalue weighted by molar-refractivity contribution is 6.12. The molecule has 0 unspecified atom stereocenters. The number of fused-ring (bicyclic) bond motifs is 9. The quantitative estimate of drug-likeness (QED) is 0.199. The van der Waals surface area contributed by atoms with Gasteiger partial charge in [0.15, 0.2) is 0 Å². The average molecular weight is 674 g/mol. The molecule has 1 N–H and O–H groups in total. The van der Waals surface area contributed by atoms with Crippen LogP contribution in [0.25, 0.3) is 72.4 Å². The Balaban J connectivity index is 1.14. The van der Waals surface area contributed by atoms with Crippen LogP contribution in [0.5, 0.6) is 0 Å². The molecule has 52 heavy (non-hydrogen) atoms. The van der Waals surface area contributed by atoms with E-state index in [2.05, 4.69) is 136 Å². The number of benzene rings is 5. The Morgan fingerprint density at radius 1 is 0.558 bits per heavy atom. The molecule has 0 bridgehead atoms. The number of nitrogens with one attached hydrogen (secondary N) is 1. The molecule has 3 heteroatoms. The van der Waals surface area contributed by atoms with E-state index in [4.69, 9.17) is 4.98 Å². The monoisotopic (exact) mass is 673 g/mol. The highest BCUT2D eigenvalue weighted by Gasteiger charge is 2.24. The van der Waals surface area contributed by atoms with Crippen LogP contribution in [0.3, 0.4) is 0 Å². The summed E-state index contributed by atoms with van der Waals surface area (Å²) < 4.78 is 2.36. The van der Waals surface area contributed by atoms with Crippen molar-refractivity contribution in [2.24, 2.45) is 0 Å². The molecule has 0 amide bonds. The number of aryl methyl sites for hydroxylation is 7. The van der Waals surface area contributed by atoms with Crippen molar-refractivity contribution in [1.29, 1.82) is 0 Å². The van der Waals surface area contributed by atoms with Gasteiger partial charge in [0.05, 0.1) is 11.0 Å². The first kappa shape index (κ1) is 31.1. The van der Waals surface area contributed by atoms with Gasteiger partial charge in [-0.05, 0) is 200 Å². The third-order valence-electron chi connectivity index (χ3n) is 12.5. The number of hydrogen-bond acceptors (Lipinski definition) is 1. The Morgan fingerprint density at radius 2 is 1.21 bits per heavy atom. The minimum Gasteiger partial charge on any atom is -0.358 e. The van der Waals surface area contributed by atoms with Crippen LogP contribution in [0.2, 0.25) is 0 Å². The summed E-state index contributed by atoms with van der Waals surface area (Å²) in [6, 6.07) is 32.5. The van der Waals surface area contributed by atoms with Crippen LogP contribution in [-0.4, -0.2) is 14.5 Å². The van der Waals surface area contributed by atoms with Gasteiger partial charge >= 0.3 is 0 Å². The van der Waals surface area contributed by atoms with Crippen LogP contribution in [0, 0.1) is 41.5 Å². The van der Waals surface area contributed by atoms with Crippen molar-refractivity contribution in [2.45, 2.75) is 67.2 Å². The van der Waals surface area contributed by atoms with Gasteiger partial charge in [0.25, 0.3) is 0 Å². The Kier molecular flexibility index (Phi) is 6.83. The van der Waals surface area contributed by atoms with Gasteiger partial charge in [0, 0.05) is 39.1 Å². The zero-order chi connectivity index (χ0) is 35.4. The maximum absolute atomic E-state index is 4.86. The lowest BCUT2D eigenvalue weighted by atomic mass is 9.83. The van der Waals surface area contributed by atoms with Crippen LogP contribution < -0.4 is 0 Å². The summed E-state index contributed by atoms with van der Waals surface area (Å²) in [4.78, 5) is 8.73. The van der Waals surface area contributed by atoms with E-state index in [1.54, 1.807) is 0 Å². The highest BCUT2D eigenvalue weighted by atomic mass is 15.1.